The van der Waals surface area contributed by atoms with Crippen molar-refractivity contribution in [2.24, 2.45) is 16.8 Å². The molecule has 1 heterocycles. The first-order valence-corrected chi connectivity index (χ1v) is 11.6. The van der Waals surface area contributed by atoms with Crippen LogP contribution in [-0.4, -0.2) is 57.2 Å². The summed E-state index contributed by atoms with van der Waals surface area (Å²) in [4.78, 5) is 42.9. The van der Waals surface area contributed by atoms with E-state index in [-0.39, 0.29) is 23.2 Å². The van der Waals surface area contributed by atoms with Gasteiger partial charge in [0.1, 0.15) is 6.04 Å². The normalized spacial score (nSPS) is 17.8. The Kier molecular flexibility index (Phi) is 8.17. The number of imide groups is 1. The van der Waals surface area contributed by atoms with E-state index in [1.165, 1.54) is 4.90 Å². The van der Waals surface area contributed by atoms with Crippen molar-refractivity contribution in [3.8, 4) is 0 Å². The van der Waals surface area contributed by atoms with E-state index in [1.54, 1.807) is 54.6 Å². The van der Waals surface area contributed by atoms with Crippen molar-refractivity contribution in [2.45, 2.75) is 52.1 Å². The molecule has 1 aliphatic heterocycles. The number of amides is 3. The first-order valence-electron chi connectivity index (χ1n) is 11.6. The minimum atomic E-state index is -0.877. The Hall–Kier alpha value is -3.52. The van der Waals surface area contributed by atoms with Crippen molar-refractivity contribution in [3.05, 3.63) is 71.3 Å². The monoisotopic (exact) mass is 464 g/mol. The molecular formula is C26H32N4O4. The third kappa shape index (κ3) is 5.17. The highest BCUT2D eigenvalue weighted by Gasteiger charge is 2.42. The molecule has 1 aliphatic rings. The number of hydrogen-bond acceptors (Lipinski definition) is 6. The van der Waals surface area contributed by atoms with E-state index in [9.17, 15) is 19.6 Å². The summed E-state index contributed by atoms with van der Waals surface area (Å²) >= 11 is 0. The third-order valence-electron chi connectivity index (χ3n) is 6.42. The van der Waals surface area contributed by atoms with Gasteiger partial charge in [0.25, 0.3) is 11.8 Å². The summed E-state index contributed by atoms with van der Waals surface area (Å²) < 4.78 is 0. The first kappa shape index (κ1) is 25.1. The summed E-state index contributed by atoms with van der Waals surface area (Å²) in [5.41, 5.74) is 7.82. The Morgan fingerprint density at radius 2 is 1.76 bits per heavy atom. The lowest BCUT2D eigenvalue weighted by Crippen LogP contribution is -2.55. The van der Waals surface area contributed by atoms with Crippen molar-refractivity contribution in [1.29, 1.82) is 0 Å². The molecule has 3 atom stereocenters. The van der Waals surface area contributed by atoms with Gasteiger partial charge in [0.15, 0.2) is 5.84 Å². The minimum absolute atomic E-state index is 0.0481. The van der Waals surface area contributed by atoms with Gasteiger partial charge in [0, 0.05) is 17.7 Å². The SMILES string of the molecule is CC[C@H](C)[C@H](N)C(=O)N1CCC[C@H]1C(=O)N(C(=O)c1ccccc1)C(=NO)c1ccc(C)cc1. The van der Waals surface area contributed by atoms with Crippen LogP contribution in [0.2, 0.25) is 0 Å². The average Bonchev–Trinajstić information content (AvgIpc) is 3.36. The number of carbonyl (C=O) groups excluding carboxylic acids is 3. The Morgan fingerprint density at radius 3 is 2.35 bits per heavy atom. The summed E-state index contributed by atoms with van der Waals surface area (Å²) in [5, 5.41) is 13.3. The molecule has 0 aliphatic carbocycles. The number of carbonyl (C=O) groups is 3. The number of nitrogens with zero attached hydrogens (tertiary/aromatic N) is 3. The lowest BCUT2D eigenvalue weighted by Gasteiger charge is -2.32. The molecule has 3 rings (SSSR count). The van der Waals surface area contributed by atoms with Crippen molar-refractivity contribution < 1.29 is 19.6 Å². The topological polar surface area (TPSA) is 116 Å². The number of nitrogens with two attached hydrogens (primary N) is 1. The molecule has 3 N–H and O–H groups in total. The molecule has 180 valence electrons. The van der Waals surface area contributed by atoms with Gasteiger partial charge in [-0.25, -0.2) is 4.90 Å². The molecule has 34 heavy (non-hydrogen) atoms. The van der Waals surface area contributed by atoms with Crippen LogP contribution in [0, 0.1) is 12.8 Å². The minimum Gasteiger partial charge on any atom is -0.409 e. The van der Waals surface area contributed by atoms with Crippen molar-refractivity contribution in [3.63, 3.8) is 0 Å². The van der Waals surface area contributed by atoms with Crippen LogP contribution in [-0.2, 0) is 9.59 Å². The predicted molar refractivity (Wildman–Crippen MR) is 129 cm³/mol. The zero-order valence-corrected chi connectivity index (χ0v) is 19.8. The van der Waals surface area contributed by atoms with Crippen LogP contribution in [0.15, 0.2) is 59.8 Å². The molecular weight excluding hydrogens is 432 g/mol. The molecule has 0 radical (unpaired) electrons. The van der Waals surface area contributed by atoms with Gasteiger partial charge in [-0.2, -0.15) is 0 Å². The largest absolute Gasteiger partial charge is 0.409 e. The summed E-state index contributed by atoms with van der Waals surface area (Å²) in [6.45, 7) is 6.13. The molecule has 0 saturated carbocycles. The first-order chi connectivity index (χ1) is 16.3. The predicted octanol–water partition coefficient (Wildman–Crippen LogP) is 3.16. The van der Waals surface area contributed by atoms with Gasteiger partial charge in [-0.1, -0.05) is 73.5 Å². The Balaban J connectivity index is 2.01. The average molecular weight is 465 g/mol. The molecule has 2 aromatic carbocycles. The van der Waals surface area contributed by atoms with Crippen molar-refractivity contribution >= 4 is 23.6 Å². The maximum Gasteiger partial charge on any atom is 0.266 e. The lowest BCUT2D eigenvalue weighted by atomic mass is 9.98. The van der Waals surface area contributed by atoms with Gasteiger partial charge in [0.05, 0.1) is 6.04 Å². The fourth-order valence-corrected chi connectivity index (χ4v) is 4.07. The molecule has 3 amide bonds. The number of oxime groups is 1. The van der Waals surface area contributed by atoms with E-state index in [1.807, 2.05) is 20.8 Å². The molecule has 8 heteroatoms. The molecule has 0 bridgehead atoms. The Labute approximate surface area is 200 Å². The van der Waals surface area contributed by atoms with Crippen molar-refractivity contribution in [2.75, 3.05) is 6.54 Å². The second kappa shape index (κ2) is 11.1. The highest BCUT2D eigenvalue weighted by atomic mass is 16.4. The van der Waals surface area contributed by atoms with Crippen LogP contribution in [0.25, 0.3) is 0 Å². The van der Waals surface area contributed by atoms with Crippen LogP contribution < -0.4 is 5.73 Å². The number of aryl methyl sites for hydroxylation is 1. The lowest BCUT2D eigenvalue weighted by molar-refractivity contribution is -0.142. The number of rotatable bonds is 6. The standard InChI is InChI=1S/C26H32N4O4/c1-4-18(3)22(27)26(33)29-16-8-11-21(29)25(32)30(24(31)20-9-6-5-7-10-20)23(28-34)19-14-12-17(2)13-15-19/h5-7,9-10,12-15,18,21-22,34H,4,8,11,16,27H2,1-3H3/t18-,21-,22-/m0/s1. The molecule has 0 unspecified atom stereocenters. The molecule has 2 aromatic rings. The summed E-state index contributed by atoms with van der Waals surface area (Å²) in [6.07, 6.45) is 1.73. The van der Waals surface area contributed by atoms with E-state index in [0.717, 1.165) is 16.9 Å². The van der Waals surface area contributed by atoms with Crippen LogP contribution in [0.5, 0.6) is 0 Å². The van der Waals surface area contributed by atoms with Crippen LogP contribution in [0.4, 0.5) is 0 Å². The smallest absolute Gasteiger partial charge is 0.266 e. The molecule has 0 aromatic heterocycles. The fraction of sp³-hybridized carbons (Fsp3) is 0.385. The molecule has 8 nitrogen and oxygen atoms in total. The second-order valence-electron chi connectivity index (χ2n) is 8.74. The summed E-state index contributed by atoms with van der Waals surface area (Å²) in [7, 11) is 0. The quantitative estimate of drug-likeness (QED) is 0.224. The zero-order valence-electron chi connectivity index (χ0n) is 19.8. The highest BCUT2D eigenvalue weighted by molar-refractivity contribution is 6.23. The van der Waals surface area contributed by atoms with Gasteiger partial charge in [0.2, 0.25) is 5.91 Å². The number of amidine groups is 1. The van der Waals surface area contributed by atoms with Gasteiger partial charge >= 0.3 is 0 Å². The zero-order chi connectivity index (χ0) is 24.8. The van der Waals surface area contributed by atoms with Gasteiger partial charge < -0.3 is 15.8 Å². The fourth-order valence-electron chi connectivity index (χ4n) is 4.07. The van der Waals surface area contributed by atoms with Gasteiger partial charge in [-0.3, -0.25) is 14.4 Å². The molecule has 1 saturated heterocycles. The number of likely N-dealkylation sites (tertiary alicyclic amines) is 1. The van der Waals surface area contributed by atoms with Gasteiger partial charge in [-0.05, 0) is 37.8 Å². The third-order valence-corrected chi connectivity index (χ3v) is 6.42. The van der Waals surface area contributed by atoms with Crippen LogP contribution in [0.3, 0.4) is 0 Å². The Morgan fingerprint density at radius 1 is 1.12 bits per heavy atom. The summed E-state index contributed by atoms with van der Waals surface area (Å²) in [5.74, 6) is -1.80. The Bertz CT molecular complexity index is 1050. The highest BCUT2D eigenvalue weighted by Crippen LogP contribution is 2.24. The van der Waals surface area contributed by atoms with E-state index in [0.29, 0.717) is 24.9 Å². The number of hydrogen-bond donors (Lipinski definition) is 2. The van der Waals surface area contributed by atoms with E-state index >= 15 is 0 Å². The second-order valence-corrected chi connectivity index (χ2v) is 8.74. The van der Waals surface area contributed by atoms with Gasteiger partial charge in [-0.15, -0.1) is 0 Å². The van der Waals surface area contributed by atoms with Crippen LogP contribution >= 0.6 is 0 Å². The number of benzene rings is 2. The summed E-state index contributed by atoms with van der Waals surface area (Å²) in [6, 6.07) is 13.7. The van der Waals surface area contributed by atoms with Crippen molar-refractivity contribution in [1.82, 2.24) is 9.80 Å². The maximum atomic E-state index is 13.9. The van der Waals surface area contributed by atoms with E-state index in [4.69, 9.17) is 5.73 Å². The van der Waals surface area contributed by atoms with Crippen LogP contribution in [0.1, 0.15) is 54.6 Å². The van der Waals surface area contributed by atoms with E-state index in [2.05, 4.69) is 5.16 Å². The van der Waals surface area contributed by atoms with E-state index < -0.39 is 23.9 Å². The maximum absolute atomic E-state index is 13.9. The molecule has 1 fully saturated rings. The molecule has 0 spiro atoms.